The molecule has 0 fully saturated rings. The normalized spacial score (nSPS) is 21.6. The lowest BCUT2D eigenvalue weighted by molar-refractivity contribution is -0.140. The number of esters is 1. The number of hydrogen-bond acceptors (Lipinski definition) is 6. The van der Waals surface area contributed by atoms with Crippen LogP contribution in [-0.2, 0) is 14.3 Å². The predicted octanol–water partition coefficient (Wildman–Crippen LogP) is 3.97. The molecular formula is C23H27NO5. The van der Waals surface area contributed by atoms with Crippen LogP contribution in [0.25, 0.3) is 0 Å². The third-order valence-corrected chi connectivity index (χ3v) is 5.92. The molecule has 2 aliphatic heterocycles. The molecule has 154 valence electrons. The van der Waals surface area contributed by atoms with E-state index in [2.05, 4.69) is 12.2 Å². The largest absolute Gasteiger partial charge is 0.462 e. The molecule has 1 N–H and O–H groups in total. The van der Waals surface area contributed by atoms with Crippen molar-refractivity contribution < 1.29 is 23.8 Å². The molecule has 1 aromatic carbocycles. The minimum Gasteiger partial charge on any atom is -0.462 e. The second-order valence-corrected chi connectivity index (χ2v) is 7.99. The number of carbonyl (C=O) groups is 2. The van der Waals surface area contributed by atoms with Crippen molar-refractivity contribution in [3.05, 3.63) is 46.3 Å². The molecule has 3 aliphatic rings. The van der Waals surface area contributed by atoms with Gasteiger partial charge in [0.1, 0.15) is 0 Å². The lowest BCUT2D eigenvalue weighted by atomic mass is 9.75. The Morgan fingerprint density at radius 2 is 2.07 bits per heavy atom. The molecule has 0 saturated heterocycles. The average Bonchev–Trinajstić information content (AvgIpc) is 3.18. The van der Waals surface area contributed by atoms with E-state index in [-0.39, 0.29) is 24.5 Å². The van der Waals surface area contributed by atoms with E-state index in [1.165, 1.54) is 0 Å². The van der Waals surface area contributed by atoms with E-state index >= 15 is 0 Å². The van der Waals surface area contributed by atoms with E-state index in [1.54, 1.807) is 0 Å². The number of nitrogens with one attached hydrogen (secondary N) is 1. The van der Waals surface area contributed by atoms with Crippen molar-refractivity contribution in [2.75, 3.05) is 13.4 Å². The fraction of sp³-hybridized carbons (Fsp3) is 0.478. The number of hydrogen-bond donors (Lipinski definition) is 1. The number of dihydropyridines is 1. The van der Waals surface area contributed by atoms with Crippen molar-refractivity contribution in [1.29, 1.82) is 0 Å². The zero-order valence-electron chi connectivity index (χ0n) is 17.2. The molecule has 29 heavy (non-hydrogen) atoms. The minimum atomic E-state index is -0.460. The Bertz CT molecular complexity index is 914. The van der Waals surface area contributed by atoms with Crippen LogP contribution in [0.1, 0.15) is 57.9 Å². The summed E-state index contributed by atoms with van der Waals surface area (Å²) >= 11 is 0. The number of ketones is 1. The monoisotopic (exact) mass is 397 g/mol. The van der Waals surface area contributed by atoms with Crippen LogP contribution in [0, 0.1) is 5.92 Å². The van der Waals surface area contributed by atoms with Gasteiger partial charge in [0.15, 0.2) is 17.3 Å². The first-order valence-electron chi connectivity index (χ1n) is 10.3. The smallest absolute Gasteiger partial charge is 0.336 e. The second kappa shape index (κ2) is 7.93. The number of allylic oxidation sites excluding steroid dienone is 3. The maximum absolute atomic E-state index is 13.1. The lowest BCUT2D eigenvalue weighted by Crippen LogP contribution is -2.34. The molecule has 0 saturated carbocycles. The zero-order chi connectivity index (χ0) is 20.5. The highest BCUT2D eigenvalue weighted by molar-refractivity contribution is 6.03. The Morgan fingerprint density at radius 3 is 2.86 bits per heavy atom. The third-order valence-electron chi connectivity index (χ3n) is 5.92. The molecule has 2 atom stereocenters. The fourth-order valence-corrected chi connectivity index (χ4v) is 4.09. The summed E-state index contributed by atoms with van der Waals surface area (Å²) in [6, 6.07) is 5.62. The van der Waals surface area contributed by atoms with Gasteiger partial charge < -0.3 is 19.5 Å². The van der Waals surface area contributed by atoms with Crippen molar-refractivity contribution in [2.24, 2.45) is 5.92 Å². The van der Waals surface area contributed by atoms with Crippen LogP contribution >= 0.6 is 0 Å². The van der Waals surface area contributed by atoms with E-state index in [4.69, 9.17) is 14.2 Å². The molecule has 0 bridgehead atoms. The molecule has 6 nitrogen and oxygen atoms in total. The molecule has 6 heteroatoms. The maximum atomic E-state index is 13.1. The number of fused-ring (bicyclic) bond motifs is 1. The molecule has 4 rings (SSSR count). The van der Waals surface area contributed by atoms with Gasteiger partial charge in [-0.25, -0.2) is 4.79 Å². The van der Waals surface area contributed by atoms with E-state index in [9.17, 15) is 9.59 Å². The highest BCUT2D eigenvalue weighted by atomic mass is 16.7. The SMILES string of the molecule is CCC(C)COC(=O)C1=C(C)NC2=C(C(=O)CCC2)C1c1ccc2c(c1)OCO2. The summed E-state index contributed by atoms with van der Waals surface area (Å²) in [7, 11) is 0. The second-order valence-electron chi connectivity index (χ2n) is 7.99. The molecule has 1 aliphatic carbocycles. The number of Topliss-reactive ketones (excluding diaryl/α,β-unsaturated/α-hetero) is 1. The molecule has 0 spiro atoms. The van der Waals surface area contributed by atoms with Crippen LogP contribution in [0.15, 0.2) is 40.7 Å². The van der Waals surface area contributed by atoms with Crippen LogP contribution < -0.4 is 14.8 Å². The highest BCUT2D eigenvalue weighted by Crippen LogP contribution is 2.45. The van der Waals surface area contributed by atoms with E-state index in [0.29, 0.717) is 35.7 Å². The van der Waals surface area contributed by atoms with Crippen molar-refractivity contribution in [3.8, 4) is 11.5 Å². The molecule has 1 aromatic rings. The Balaban J connectivity index is 1.76. The third kappa shape index (κ3) is 3.63. The highest BCUT2D eigenvalue weighted by Gasteiger charge is 2.39. The van der Waals surface area contributed by atoms with Gasteiger partial charge in [-0.1, -0.05) is 26.3 Å². The summed E-state index contributed by atoms with van der Waals surface area (Å²) in [4.78, 5) is 26.0. The summed E-state index contributed by atoms with van der Waals surface area (Å²) in [5, 5.41) is 3.32. The van der Waals surface area contributed by atoms with Crippen molar-refractivity contribution in [2.45, 2.75) is 52.4 Å². The summed E-state index contributed by atoms with van der Waals surface area (Å²) < 4.78 is 16.6. The Kier molecular flexibility index (Phi) is 5.35. The Labute approximate surface area is 170 Å². The number of benzene rings is 1. The zero-order valence-corrected chi connectivity index (χ0v) is 17.2. The Morgan fingerprint density at radius 1 is 1.28 bits per heavy atom. The van der Waals surface area contributed by atoms with Crippen LogP contribution in [0.5, 0.6) is 11.5 Å². The first-order chi connectivity index (χ1) is 14.0. The summed E-state index contributed by atoms with van der Waals surface area (Å²) in [5.41, 5.74) is 3.68. The van der Waals surface area contributed by atoms with Gasteiger partial charge in [-0.05, 0) is 43.4 Å². The van der Waals surface area contributed by atoms with Crippen LogP contribution in [0.3, 0.4) is 0 Å². The van der Waals surface area contributed by atoms with Crippen molar-refractivity contribution in [1.82, 2.24) is 5.32 Å². The Hall–Kier alpha value is -2.76. The standard InChI is InChI=1S/C23H27NO5/c1-4-13(2)11-27-23(26)20-14(3)24-16-6-5-7-17(25)22(16)21(20)15-8-9-18-19(10-15)29-12-28-18/h8-10,13,21,24H,4-7,11-12H2,1-3H3. The summed E-state index contributed by atoms with van der Waals surface area (Å²) in [6.07, 6.45) is 3.05. The van der Waals surface area contributed by atoms with Crippen LogP contribution in [0.4, 0.5) is 0 Å². The van der Waals surface area contributed by atoms with E-state index < -0.39 is 5.92 Å². The van der Waals surface area contributed by atoms with E-state index in [0.717, 1.165) is 36.2 Å². The molecule has 2 unspecified atom stereocenters. The number of ether oxygens (including phenoxy) is 3. The van der Waals surface area contributed by atoms with Gasteiger partial charge in [-0.15, -0.1) is 0 Å². The lowest BCUT2D eigenvalue weighted by Gasteiger charge is -2.34. The molecule has 0 amide bonds. The van der Waals surface area contributed by atoms with Crippen molar-refractivity contribution in [3.63, 3.8) is 0 Å². The average molecular weight is 397 g/mol. The van der Waals surface area contributed by atoms with Gasteiger partial charge in [-0.3, -0.25) is 4.79 Å². The fourth-order valence-electron chi connectivity index (χ4n) is 4.09. The topological polar surface area (TPSA) is 73.9 Å². The predicted molar refractivity (Wildman–Crippen MR) is 107 cm³/mol. The van der Waals surface area contributed by atoms with Crippen molar-refractivity contribution >= 4 is 11.8 Å². The molecule has 0 radical (unpaired) electrons. The van der Waals surface area contributed by atoms with Crippen LogP contribution in [0.2, 0.25) is 0 Å². The number of rotatable bonds is 5. The first-order valence-corrected chi connectivity index (χ1v) is 10.3. The molecule has 0 aromatic heterocycles. The van der Waals surface area contributed by atoms with Gasteiger partial charge in [-0.2, -0.15) is 0 Å². The van der Waals surface area contributed by atoms with Crippen LogP contribution in [-0.4, -0.2) is 25.2 Å². The van der Waals surface area contributed by atoms with Gasteiger partial charge in [0.2, 0.25) is 6.79 Å². The van der Waals surface area contributed by atoms with Gasteiger partial charge in [0.05, 0.1) is 12.2 Å². The molecule has 2 heterocycles. The van der Waals surface area contributed by atoms with Gasteiger partial charge >= 0.3 is 5.97 Å². The van der Waals surface area contributed by atoms with Gasteiger partial charge in [0.25, 0.3) is 0 Å². The van der Waals surface area contributed by atoms with E-state index in [1.807, 2.05) is 32.0 Å². The molecular weight excluding hydrogens is 370 g/mol. The summed E-state index contributed by atoms with van der Waals surface area (Å²) in [6.45, 7) is 6.53. The first kappa shape index (κ1) is 19.6. The summed E-state index contributed by atoms with van der Waals surface area (Å²) in [5.74, 6) is 0.846. The van der Waals surface area contributed by atoms with Gasteiger partial charge in [0, 0.05) is 29.3 Å². The quantitative estimate of drug-likeness (QED) is 0.758. The number of carbonyl (C=O) groups excluding carboxylic acids is 2. The maximum Gasteiger partial charge on any atom is 0.336 e. The minimum absolute atomic E-state index is 0.0844.